The van der Waals surface area contributed by atoms with Crippen LogP contribution in [0.2, 0.25) is 0 Å². The summed E-state index contributed by atoms with van der Waals surface area (Å²) in [6, 6.07) is -0.130. The normalized spacial score (nSPS) is 14.5. The van der Waals surface area contributed by atoms with Crippen LogP contribution in [0.1, 0.15) is 161 Å². The molecule has 63 heavy (non-hydrogen) atoms. The summed E-state index contributed by atoms with van der Waals surface area (Å²) in [7, 11) is -9.08. The van der Waals surface area contributed by atoms with Crippen molar-refractivity contribution in [3.05, 3.63) is 73.2 Å². The number of hydrogen-bond donors (Lipinski definition) is 8. The molecule has 8 N–H and O–H groups in total. The van der Waals surface area contributed by atoms with Crippen molar-refractivity contribution in [3.8, 4) is 0 Å². The molecule has 5 rings (SSSR count). The Morgan fingerprint density at radius 2 is 1.17 bits per heavy atom. The van der Waals surface area contributed by atoms with Crippen molar-refractivity contribution in [2.75, 3.05) is 10.6 Å². The third kappa shape index (κ3) is 11.2. The van der Waals surface area contributed by atoms with Crippen LogP contribution in [0.25, 0.3) is 0 Å². The SMILES string of the molecule is CC(C)c1cncc(C(C)CCC(C)c2c3c(cc(C(C)C)c2NC(=O)NS(=O)(=O)c2sc(C(C)(C)O)nc2CO)COC3)c1NC(=O)NS(=O)(=O)c1sc(C(C)(C)O)nc1CO. The van der Waals surface area contributed by atoms with Gasteiger partial charge in [-0.05, 0) is 97.6 Å². The number of nitrogens with one attached hydrogen (secondary N) is 4. The summed E-state index contributed by atoms with van der Waals surface area (Å²) in [6.07, 6.45) is 4.29. The highest BCUT2D eigenvalue weighted by Crippen LogP contribution is 2.43. The number of thiazole rings is 2. The van der Waals surface area contributed by atoms with Crippen LogP contribution in [0.4, 0.5) is 21.0 Å². The van der Waals surface area contributed by atoms with Gasteiger partial charge in [-0.25, -0.2) is 45.8 Å². The summed E-state index contributed by atoms with van der Waals surface area (Å²) in [6.45, 7) is 16.5. The van der Waals surface area contributed by atoms with Gasteiger partial charge in [0.05, 0.1) is 43.5 Å². The van der Waals surface area contributed by atoms with Crippen LogP contribution in [0, 0.1) is 0 Å². The average molecular weight is 952 g/mol. The van der Waals surface area contributed by atoms with Crippen LogP contribution in [0.3, 0.4) is 0 Å². The lowest BCUT2D eigenvalue weighted by atomic mass is 9.82. The quantitative estimate of drug-likeness (QED) is 0.0567. The molecule has 0 spiro atoms. The van der Waals surface area contributed by atoms with Gasteiger partial charge in [-0.2, -0.15) is 0 Å². The van der Waals surface area contributed by atoms with Gasteiger partial charge in [-0.3, -0.25) is 4.98 Å². The lowest BCUT2D eigenvalue weighted by Gasteiger charge is -2.26. The van der Waals surface area contributed by atoms with E-state index in [2.05, 4.69) is 30.3 Å². The Morgan fingerprint density at radius 3 is 1.63 bits per heavy atom. The molecule has 3 aromatic heterocycles. The average Bonchev–Trinajstić information content (AvgIpc) is 3.95. The molecule has 0 saturated carbocycles. The number of anilines is 2. The van der Waals surface area contributed by atoms with Crippen molar-refractivity contribution in [1.29, 1.82) is 0 Å². The van der Waals surface area contributed by atoms with Gasteiger partial charge in [-0.1, -0.05) is 47.6 Å². The van der Waals surface area contributed by atoms with E-state index in [1.165, 1.54) is 27.7 Å². The molecule has 18 nitrogen and oxygen atoms in total. The lowest BCUT2D eigenvalue weighted by Crippen LogP contribution is -2.35. The molecule has 4 amide bonds. The zero-order valence-electron chi connectivity index (χ0n) is 36.9. The van der Waals surface area contributed by atoms with E-state index in [4.69, 9.17) is 4.74 Å². The number of hydrogen-bond acceptors (Lipinski definition) is 16. The number of ether oxygens (including phenoxy) is 1. The number of pyridine rings is 1. The van der Waals surface area contributed by atoms with Crippen molar-refractivity contribution in [3.63, 3.8) is 0 Å². The molecule has 0 bridgehead atoms. The number of sulfonamides is 2. The standard InChI is InChI=1S/C41H57N7O11S4/c1-20(2)25-13-24-18-59-19-28(24)31(33(25)46-39(52)48-63(57,58)35-30(17-50)44-37(61-35)41(9,10)54)23(6)12-11-22(5)27-15-42-14-26(21(3)4)32(27)45-38(51)47-62(55,56)34-29(16-49)43-36(60-34)40(7,8)53/h13-15,20-23,49-50,53-54H,11-12,16-19H2,1-10H3,(H2,46,48,52)(H2,42,45,47,51). The molecule has 22 heteroatoms. The highest BCUT2D eigenvalue weighted by Gasteiger charge is 2.34. The Labute approximate surface area is 376 Å². The smallest absolute Gasteiger partial charge is 0.333 e. The number of benzene rings is 1. The summed E-state index contributed by atoms with van der Waals surface area (Å²) < 4.78 is 63.1. The largest absolute Gasteiger partial charge is 0.390 e. The number of aliphatic hydroxyl groups excluding tert-OH is 2. The predicted molar refractivity (Wildman–Crippen MR) is 239 cm³/mol. The molecule has 0 aliphatic carbocycles. The van der Waals surface area contributed by atoms with Gasteiger partial charge in [-0.15, -0.1) is 22.7 Å². The van der Waals surface area contributed by atoms with Gasteiger partial charge in [0, 0.05) is 18.1 Å². The summed E-state index contributed by atoms with van der Waals surface area (Å²) in [5.74, 6) is -0.718. The molecule has 1 aliphatic rings. The lowest BCUT2D eigenvalue weighted by molar-refractivity contribution is 0.0773. The van der Waals surface area contributed by atoms with Gasteiger partial charge < -0.3 is 35.8 Å². The van der Waals surface area contributed by atoms with Crippen LogP contribution in [-0.2, 0) is 62.4 Å². The first-order chi connectivity index (χ1) is 29.2. The second kappa shape index (κ2) is 19.1. The summed E-state index contributed by atoms with van der Waals surface area (Å²) in [5.41, 5.74) is 2.10. The fourth-order valence-electron chi connectivity index (χ4n) is 7.21. The molecule has 4 heterocycles. The summed E-state index contributed by atoms with van der Waals surface area (Å²) in [5, 5.41) is 46.3. The Bertz CT molecular complexity index is 2580. The number of carbonyl (C=O) groups excluding carboxylic acids is 2. The van der Waals surface area contributed by atoms with E-state index in [0.717, 1.165) is 22.3 Å². The molecule has 0 radical (unpaired) electrons. The topological polar surface area (TPSA) is 279 Å². The fourth-order valence-corrected chi connectivity index (χ4v) is 12.0. The minimum atomic E-state index is -4.54. The first-order valence-corrected chi connectivity index (χ1v) is 24.9. The molecule has 2 atom stereocenters. The molecule has 346 valence electrons. The number of amides is 4. The monoisotopic (exact) mass is 951 g/mol. The number of urea groups is 2. The number of fused-ring (bicyclic) bond motifs is 1. The minimum absolute atomic E-state index is 0.0490. The molecule has 0 saturated heterocycles. The predicted octanol–water partition coefficient (Wildman–Crippen LogP) is 6.42. The number of nitrogens with zero attached hydrogens (tertiary/aromatic N) is 3. The van der Waals surface area contributed by atoms with Crippen molar-refractivity contribution in [2.45, 2.75) is 152 Å². The van der Waals surface area contributed by atoms with E-state index in [-0.39, 0.29) is 51.7 Å². The van der Waals surface area contributed by atoms with E-state index >= 15 is 0 Å². The van der Waals surface area contributed by atoms with Crippen LogP contribution in [-0.4, -0.2) is 64.3 Å². The number of aliphatic hydroxyl groups is 4. The first kappa shape index (κ1) is 49.9. The maximum absolute atomic E-state index is 13.7. The molecular weight excluding hydrogens is 895 g/mol. The fraction of sp³-hybridized carbons (Fsp3) is 0.537. The van der Waals surface area contributed by atoms with Crippen LogP contribution in [0.5, 0.6) is 0 Å². The Hall–Kier alpha value is -4.13. The van der Waals surface area contributed by atoms with E-state index < -0.39 is 64.9 Å². The minimum Gasteiger partial charge on any atom is -0.390 e. The van der Waals surface area contributed by atoms with Crippen molar-refractivity contribution in [2.24, 2.45) is 0 Å². The molecule has 1 aromatic carbocycles. The number of aromatic nitrogens is 3. The Morgan fingerprint density at radius 1 is 0.714 bits per heavy atom. The Balaban J connectivity index is 1.42. The summed E-state index contributed by atoms with van der Waals surface area (Å²) in [4.78, 5) is 39.8. The molecule has 4 aromatic rings. The maximum atomic E-state index is 13.7. The van der Waals surface area contributed by atoms with Crippen LogP contribution in [0.15, 0.2) is 26.9 Å². The van der Waals surface area contributed by atoms with Crippen molar-refractivity contribution in [1.82, 2.24) is 24.4 Å². The van der Waals surface area contributed by atoms with E-state index in [1.54, 1.807) is 12.4 Å². The van der Waals surface area contributed by atoms with Crippen molar-refractivity contribution < 1.29 is 51.6 Å². The van der Waals surface area contributed by atoms with Gasteiger partial charge in [0.15, 0.2) is 8.42 Å². The number of rotatable bonds is 17. The number of carbonyl (C=O) groups is 2. The second-order valence-electron chi connectivity index (χ2n) is 17.3. The van der Waals surface area contributed by atoms with Crippen molar-refractivity contribution >= 4 is 66.2 Å². The van der Waals surface area contributed by atoms with Gasteiger partial charge in [0.1, 0.15) is 21.2 Å². The molecule has 1 aliphatic heterocycles. The zero-order chi connectivity index (χ0) is 47.0. The van der Waals surface area contributed by atoms with Gasteiger partial charge in [0.25, 0.3) is 20.0 Å². The molecular formula is C41H57N7O11S4. The van der Waals surface area contributed by atoms with Crippen LogP contribution >= 0.6 is 22.7 Å². The van der Waals surface area contributed by atoms with Gasteiger partial charge >= 0.3 is 12.1 Å². The molecule has 0 fully saturated rings. The maximum Gasteiger partial charge on any atom is 0.333 e. The Kier molecular flexibility index (Phi) is 15.2. The summed E-state index contributed by atoms with van der Waals surface area (Å²) >= 11 is 1.30. The third-order valence-corrected chi connectivity index (χ3v) is 17.1. The third-order valence-electron chi connectivity index (χ3n) is 10.5. The first-order valence-electron chi connectivity index (χ1n) is 20.3. The second-order valence-corrected chi connectivity index (χ2v) is 23.1. The van der Waals surface area contributed by atoms with E-state index in [9.17, 15) is 46.9 Å². The van der Waals surface area contributed by atoms with Crippen LogP contribution < -0.4 is 20.1 Å². The molecule has 2 unspecified atom stereocenters. The highest BCUT2D eigenvalue weighted by atomic mass is 32.3. The van der Waals surface area contributed by atoms with E-state index in [1.807, 2.05) is 52.3 Å². The zero-order valence-corrected chi connectivity index (χ0v) is 40.2. The van der Waals surface area contributed by atoms with E-state index in [0.29, 0.717) is 64.6 Å². The van der Waals surface area contributed by atoms with Gasteiger partial charge in [0.2, 0.25) is 0 Å². The highest BCUT2D eigenvalue weighted by molar-refractivity contribution is 7.92.